The molecular weight excluding hydrogens is 330 g/mol. The number of nitrogens with zero attached hydrogens (tertiary/aromatic N) is 3. The van der Waals surface area contributed by atoms with Crippen molar-refractivity contribution in [2.75, 3.05) is 12.9 Å². The molecule has 0 bridgehead atoms. The fourth-order valence-corrected chi connectivity index (χ4v) is 3.04. The minimum atomic E-state index is -3.63. The molecule has 2 aromatic rings. The van der Waals surface area contributed by atoms with Gasteiger partial charge in [0.15, 0.2) is 14.6 Å². The number of carbonyl (C=O) groups is 1. The van der Waals surface area contributed by atoms with Gasteiger partial charge < -0.3 is 4.74 Å². The first kappa shape index (κ1) is 18.1. The second-order valence-electron chi connectivity index (χ2n) is 5.71. The third kappa shape index (κ3) is 3.81. The predicted octanol–water partition coefficient (Wildman–Crippen LogP) is 1.57. The number of benzene rings is 1. The van der Waals surface area contributed by atoms with Crippen LogP contribution in [0.2, 0.25) is 0 Å². The standard InChI is InChI=1S/C16H21N3O4S/c1-4-23-15(20)16(2,24(3,21)22)11-10-13-12-19(18-17-13)14-8-6-5-7-9-14/h5-9,12H,4,10-11H2,1-3H3. The molecule has 0 spiro atoms. The van der Waals surface area contributed by atoms with Crippen molar-refractivity contribution in [2.45, 2.75) is 31.4 Å². The maximum atomic E-state index is 12.1. The molecule has 8 heteroatoms. The van der Waals surface area contributed by atoms with Gasteiger partial charge in [0.2, 0.25) is 0 Å². The van der Waals surface area contributed by atoms with Crippen LogP contribution in [-0.2, 0) is 25.8 Å². The first-order valence-corrected chi connectivity index (χ1v) is 9.50. The molecule has 0 N–H and O–H groups in total. The summed E-state index contributed by atoms with van der Waals surface area (Å²) in [6.07, 6.45) is 3.15. The van der Waals surface area contributed by atoms with Gasteiger partial charge in [-0.25, -0.2) is 13.1 Å². The molecule has 2 rings (SSSR count). The first-order chi connectivity index (χ1) is 11.3. The summed E-state index contributed by atoms with van der Waals surface area (Å²) in [5.41, 5.74) is 1.46. The molecule has 0 amide bonds. The van der Waals surface area contributed by atoms with Crippen molar-refractivity contribution in [3.05, 3.63) is 42.2 Å². The molecule has 24 heavy (non-hydrogen) atoms. The molecule has 0 aliphatic heterocycles. The third-order valence-electron chi connectivity index (χ3n) is 3.95. The van der Waals surface area contributed by atoms with Gasteiger partial charge in [0.05, 0.1) is 24.2 Å². The predicted molar refractivity (Wildman–Crippen MR) is 89.6 cm³/mol. The Morgan fingerprint density at radius 2 is 1.96 bits per heavy atom. The summed E-state index contributed by atoms with van der Waals surface area (Å²) < 4.78 is 29.1. The molecule has 0 saturated heterocycles. The SMILES string of the molecule is CCOC(=O)C(C)(CCc1cn(-c2ccccc2)nn1)S(C)(=O)=O. The Balaban J connectivity index is 2.16. The van der Waals surface area contributed by atoms with Crippen LogP contribution in [0.3, 0.4) is 0 Å². The van der Waals surface area contributed by atoms with Gasteiger partial charge in [0.25, 0.3) is 0 Å². The second kappa shape index (κ2) is 7.12. The Labute approximate surface area is 141 Å². The van der Waals surface area contributed by atoms with Crippen molar-refractivity contribution in [3.8, 4) is 5.69 Å². The fourth-order valence-electron chi connectivity index (χ4n) is 2.21. The van der Waals surface area contributed by atoms with Gasteiger partial charge in [-0.05, 0) is 38.8 Å². The Morgan fingerprint density at radius 1 is 1.29 bits per heavy atom. The van der Waals surface area contributed by atoms with E-state index in [1.807, 2.05) is 30.3 Å². The zero-order valence-electron chi connectivity index (χ0n) is 14.0. The number of sulfone groups is 1. The van der Waals surface area contributed by atoms with Crippen molar-refractivity contribution in [2.24, 2.45) is 0 Å². The Hall–Kier alpha value is -2.22. The van der Waals surface area contributed by atoms with E-state index in [1.165, 1.54) is 6.92 Å². The number of aryl methyl sites for hydroxylation is 1. The van der Waals surface area contributed by atoms with Crippen LogP contribution < -0.4 is 0 Å². The number of hydrogen-bond donors (Lipinski definition) is 0. The minimum Gasteiger partial charge on any atom is -0.465 e. The summed E-state index contributed by atoms with van der Waals surface area (Å²) in [6, 6.07) is 9.45. The fraction of sp³-hybridized carbons (Fsp3) is 0.438. The summed E-state index contributed by atoms with van der Waals surface area (Å²) in [5.74, 6) is -0.733. The lowest BCUT2D eigenvalue weighted by Crippen LogP contribution is -2.44. The Kier molecular flexibility index (Phi) is 5.38. The molecule has 1 aromatic heterocycles. The zero-order valence-corrected chi connectivity index (χ0v) is 14.8. The van der Waals surface area contributed by atoms with E-state index in [0.29, 0.717) is 12.1 Å². The average Bonchev–Trinajstić information content (AvgIpc) is 3.01. The molecule has 1 heterocycles. The van der Waals surface area contributed by atoms with Crippen LogP contribution in [0.25, 0.3) is 5.69 Å². The van der Waals surface area contributed by atoms with E-state index in [9.17, 15) is 13.2 Å². The molecule has 0 radical (unpaired) electrons. The van der Waals surface area contributed by atoms with Gasteiger partial charge in [0, 0.05) is 6.26 Å². The number of aromatic nitrogens is 3. The van der Waals surface area contributed by atoms with Gasteiger partial charge in [-0.3, -0.25) is 4.79 Å². The molecule has 0 aliphatic rings. The van der Waals surface area contributed by atoms with Crippen molar-refractivity contribution in [1.29, 1.82) is 0 Å². The third-order valence-corrected chi connectivity index (χ3v) is 5.95. The summed E-state index contributed by atoms with van der Waals surface area (Å²) in [4.78, 5) is 12.1. The summed E-state index contributed by atoms with van der Waals surface area (Å²) >= 11 is 0. The van der Waals surface area contributed by atoms with Crippen LogP contribution in [0.1, 0.15) is 26.0 Å². The minimum absolute atomic E-state index is 0.0815. The lowest BCUT2D eigenvalue weighted by Gasteiger charge is -2.24. The smallest absolute Gasteiger partial charge is 0.327 e. The van der Waals surface area contributed by atoms with E-state index in [1.54, 1.807) is 17.8 Å². The molecule has 1 unspecified atom stereocenters. The molecular formula is C16H21N3O4S. The van der Waals surface area contributed by atoms with E-state index in [0.717, 1.165) is 11.9 Å². The van der Waals surface area contributed by atoms with Crippen LogP contribution in [0, 0.1) is 0 Å². The van der Waals surface area contributed by atoms with Crippen LogP contribution in [0.5, 0.6) is 0 Å². The highest BCUT2D eigenvalue weighted by atomic mass is 32.2. The zero-order chi connectivity index (χ0) is 17.8. The van der Waals surface area contributed by atoms with Crippen LogP contribution in [0.15, 0.2) is 36.5 Å². The average molecular weight is 351 g/mol. The van der Waals surface area contributed by atoms with Gasteiger partial charge in [-0.2, -0.15) is 0 Å². The number of hydrogen-bond acceptors (Lipinski definition) is 6. The lowest BCUT2D eigenvalue weighted by molar-refractivity contribution is -0.146. The summed E-state index contributed by atoms with van der Waals surface area (Å²) in [6.45, 7) is 3.17. The quantitative estimate of drug-likeness (QED) is 0.703. The normalized spacial score (nSPS) is 14.1. The summed E-state index contributed by atoms with van der Waals surface area (Å²) in [5, 5.41) is 8.08. The number of esters is 1. The monoisotopic (exact) mass is 351 g/mol. The van der Waals surface area contributed by atoms with Crippen LogP contribution >= 0.6 is 0 Å². The largest absolute Gasteiger partial charge is 0.465 e. The topological polar surface area (TPSA) is 91.2 Å². The Morgan fingerprint density at radius 3 is 2.54 bits per heavy atom. The molecule has 130 valence electrons. The molecule has 0 aliphatic carbocycles. The highest BCUT2D eigenvalue weighted by Gasteiger charge is 2.44. The molecule has 0 fully saturated rings. The number of para-hydroxylation sites is 1. The van der Waals surface area contributed by atoms with Crippen molar-refractivity contribution < 1.29 is 17.9 Å². The van der Waals surface area contributed by atoms with E-state index in [-0.39, 0.29) is 13.0 Å². The van der Waals surface area contributed by atoms with E-state index in [4.69, 9.17) is 4.74 Å². The molecule has 1 atom stereocenters. The van der Waals surface area contributed by atoms with Crippen molar-refractivity contribution in [1.82, 2.24) is 15.0 Å². The van der Waals surface area contributed by atoms with E-state index in [2.05, 4.69) is 10.3 Å². The van der Waals surface area contributed by atoms with Gasteiger partial charge in [0.1, 0.15) is 0 Å². The molecule has 7 nitrogen and oxygen atoms in total. The van der Waals surface area contributed by atoms with Crippen LogP contribution in [0.4, 0.5) is 0 Å². The Bertz CT molecular complexity index is 802. The summed E-state index contributed by atoms with van der Waals surface area (Å²) in [7, 11) is -3.63. The van der Waals surface area contributed by atoms with Crippen molar-refractivity contribution >= 4 is 15.8 Å². The molecule has 1 aromatic carbocycles. The highest BCUT2D eigenvalue weighted by Crippen LogP contribution is 2.25. The van der Waals surface area contributed by atoms with Gasteiger partial charge in [-0.15, -0.1) is 5.10 Å². The number of ether oxygens (including phenoxy) is 1. The highest BCUT2D eigenvalue weighted by molar-refractivity contribution is 7.92. The van der Waals surface area contributed by atoms with Gasteiger partial charge >= 0.3 is 5.97 Å². The number of rotatable bonds is 7. The van der Waals surface area contributed by atoms with Crippen LogP contribution in [-0.4, -0.2) is 47.0 Å². The molecule has 0 saturated carbocycles. The number of carbonyl (C=O) groups excluding carboxylic acids is 1. The lowest BCUT2D eigenvalue weighted by atomic mass is 10.0. The van der Waals surface area contributed by atoms with Crippen molar-refractivity contribution in [3.63, 3.8) is 0 Å². The van der Waals surface area contributed by atoms with E-state index < -0.39 is 20.6 Å². The second-order valence-corrected chi connectivity index (χ2v) is 8.16. The van der Waals surface area contributed by atoms with E-state index >= 15 is 0 Å². The maximum absolute atomic E-state index is 12.1. The van der Waals surface area contributed by atoms with Gasteiger partial charge in [-0.1, -0.05) is 23.4 Å². The maximum Gasteiger partial charge on any atom is 0.327 e. The first-order valence-electron chi connectivity index (χ1n) is 7.61.